The number of nitrogens with zero attached hydrogens (tertiary/aromatic N) is 1. The highest BCUT2D eigenvalue weighted by Gasteiger charge is 2.38. The van der Waals surface area contributed by atoms with Crippen molar-refractivity contribution in [2.45, 2.75) is 78.9 Å². The molecule has 17 heavy (non-hydrogen) atoms. The molecule has 1 heterocycles. The van der Waals surface area contributed by atoms with Gasteiger partial charge in [-0.1, -0.05) is 34.6 Å². The van der Waals surface area contributed by atoms with Gasteiger partial charge in [0.25, 0.3) is 0 Å². The average molecular weight is 240 g/mol. The summed E-state index contributed by atoms with van der Waals surface area (Å²) in [6.07, 6.45) is 3.72. The molecule has 1 fully saturated rings. The molecule has 0 aromatic carbocycles. The van der Waals surface area contributed by atoms with Gasteiger partial charge >= 0.3 is 0 Å². The molecule has 102 valence electrons. The summed E-state index contributed by atoms with van der Waals surface area (Å²) in [6.45, 7) is 15.2. The zero-order chi connectivity index (χ0) is 13.2. The second-order valence-electron chi connectivity index (χ2n) is 7.10. The summed E-state index contributed by atoms with van der Waals surface area (Å²) in [4.78, 5) is 2.67. The molecule has 0 aromatic rings. The lowest BCUT2D eigenvalue weighted by Gasteiger charge is -2.49. The number of hydrogen-bond donors (Lipinski definition) is 1. The van der Waals surface area contributed by atoms with E-state index in [0.29, 0.717) is 18.1 Å². The maximum atomic E-state index is 6.39. The van der Waals surface area contributed by atoms with Crippen molar-refractivity contribution in [3.8, 4) is 0 Å². The molecule has 0 bridgehead atoms. The maximum absolute atomic E-state index is 6.39. The van der Waals surface area contributed by atoms with Crippen LogP contribution in [-0.4, -0.2) is 29.6 Å². The van der Waals surface area contributed by atoms with Crippen LogP contribution in [-0.2, 0) is 0 Å². The van der Waals surface area contributed by atoms with Crippen LogP contribution in [0.25, 0.3) is 0 Å². The van der Waals surface area contributed by atoms with E-state index in [-0.39, 0.29) is 5.41 Å². The van der Waals surface area contributed by atoms with E-state index in [1.54, 1.807) is 0 Å². The van der Waals surface area contributed by atoms with Gasteiger partial charge in [0.05, 0.1) is 0 Å². The predicted molar refractivity (Wildman–Crippen MR) is 76.1 cm³/mol. The second kappa shape index (κ2) is 5.71. The van der Waals surface area contributed by atoms with Crippen molar-refractivity contribution in [3.05, 3.63) is 0 Å². The molecule has 0 saturated carbocycles. The molecule has 1 aliphatic rings. The first-order chi connectivity index (χ1) is 7.77. The molecule has 2 heteroatoms. The predicted octanol–water partition coefficient (Wildman–Crippen LogP) is 3.26. The highest BCUT2D eigenvalue weighted by atomic mass is 15.2. The first-order valence-electron chi connectivity index (χ1n) is 7.28. The number of piperidine rings is 1. The lowest BCUT2D eigenvalue weighted by molar-refractivity contribution is 0.0119. The van der Waals surface area contributed by atoms with Crippen molar-refractivity contribution in [3.63, 3.8) is 0 Å². The number of hydrogen-bond acceptors (Lipinski definition) is 2. The summed E-state index contributed by atoms with van der Waals surface area (Å²) < 4.78 is 0. The monoisotopic (exact) mass is 240 g/mol. The molecule has 0 aromatic heterocycles. The van der Waals surface area contributed by atoms with Gasteiger partial charge in [-0.25, -0.2) is 0 Å². The summed E-state index contributed by atoms with van der Waals surface area (Å²) in [5, 5.41) is 0. The van der Waals surface area contributed by atoms with Gasteiger partial charge < -0.3 is 5.73 Å². The van der Waals surface area contributed by atoms with Gasteiger partial charge in [0.2, 0.25) is 0 Å². The lowest BCUT2D eigenvalue weighted by Crippen LogP contribution is -2.59. The Morgan fingerprint density at radius 3 is 2.29 bits per heavy atom. The van der Waals surface area contributed by atoms with Crippen LogP contribution in [0.4, 0.5) is 0 Å². The van der Waals surface area contributed by atoms with Crippen LogP contribution in [0.1, 0.15) is 60.8 Å². The van der Waals surface area contributed by atoms with Crippen molar-refractivity contribution < 1.29 is 0 Å². The Kier molecular flexibility index (Phi) is 5.03. The Morgan fingerprint density at radius 1 is 1.29 bits per heavy atom. The fourth-order valence-electron chi connectivity index (χ4n) is 3.45. The van der Waals surface area contributed by atoms with E-state index in [9.17, 15) is 0 Å². The van der Waals surface area contributed by atoms with E-state index < -0.39 is 0 Å². The number of likely N-dealkylation sites (tertiary alicyclic amines) is 1. The fourth-order valence-corrected chi connectivity index (χ4v) is 3.45. The van der Waals surface area contributed by atoms with E-state index in [2.05, 4.69) is 46.4 Å². The van der Waals surface area contributed by atoms with Crippen molar-refractivity contribution in [2.24, 2.45) is 17.1 Å². The van der Waals surface area contributed by atoms with Crippen LogP contribution in [0.15, 0.2) is 0 Å². The van der Waals surface area contributed by atoms with Gasteiger partial charge in [0, 0.05) is 18.1 Å². The van der Waals surface area contributed by atoms with Crippen LogP contribution in [0.5, 0.6) is 0 Å². The minimum absolute atomic E-state index is 0.268. The Balaban J connectivity index is 2.83. The third-order valence-electron chi connectivity index (χ3n) is 4.31. The Bertz CT molecular complexity index is 232. The summed E-state index contributed by atoms with van der Waals surface area (Å²) in [6, 6.07) is 1.49. The summed E-state index contributed by atoms with van der Waals surface area (Å²) >= 11 is 0. The summed E-state index contributed by atoms with van der Waals surface area (Å²) in [7, 11) is 0. The molecule has 1 rings (SSSR count). The molecule has 0 radical (unpaired) electrons. The van der Waals surface area contributed by atoms with Crippen LogP contribution in [0.3, 0.4) is 0 Å². The minimum Gasteiger partial charge on any atom is -0.326 e. The zero-order valence-corrected chi connectivity index (χ0v) is 12.7. The molecule has 4 atom stereocenters. The van der Waals surface area contributed by atoms with E-state index in [0.717, 1.165) is 12.3 Å². The molecule has 2 N–H and O–H groups in total. The molecule has 0 spiro atoms. The number of nitrogens with two attached hydrogens (primary N) is 1. The van der Waals surface area contributed by atoms with E-state index in [1.165, 1.54) is 19.4 Å². The normalized spacial score (nSPS) is 31.2. The number of rotatable bonds is 3. The van der Waals surface area contributed by atoms with Gasteiger partial charge in [-0.3, -0.25) is 4.90 Å². The first kappa shape index (κ1) is 15.0. The van der Waals surface area contributed by atoms with Crippen molar-refractivity contribution in [2.75, 3.05) is 6.54 Å². The summed E-state index contributed by atoms with van der Waals surface area (Å²) in [5.74, 6) is 0.875. The third kappa shape index (κ3) is 3.69. The molecule has 0 aliphatic carbocycles. The van der Waals surface area contributed by atoms with E-state index in [1.807, 2.05) is 0 Å². The van der Waals surface area contributed by atoms with Crippen molar-refractivity contribution >= 4 is 0 Å². The Hall–Kier alpha value is -0.0800. The molecule has 1 aliphatic heterocycles. The molecule has 2 nitrogen and oxygen atoms in total. The first-order valence-corrected chi connectivity index (χ1v) is 7.28. The van der Waals surface area contributed by atoms with E-state index in [4.69, 9.17) is 5.73 Å². The summed E-state index contributed by atoms with van der Waals surface area (Å²) in [5.41, 5.74) is 6.66. The lowest BCUT2D eigenvalue weighted by atomic mass is 9.78. The van der Waals surface area contributed by atoms with Crippen LogP contribution in [0.2, 0.25) is 0 Å². The third-order valence-corrected chi connectivity index (χ3v) is 4.31. The molecular formula is C15H32N2. The smallest absolute Gasteiger partial charge is 0.0298 e. The highest BCUT2D eigenvalue weighted by molar-refractivity contribution is 4.94. The van der Waals surface area contributed by atoms with Crippen LogP contribution < -0.4 is 5.73 Å². The molecule has 1 saturated heterocycles. The topological polar surface area (TPSA) is 29.3 Å². The maximum Gasteiger partial charge on any atom is 0.0298 e. The molecule has 4 unspecified atom stereocenters. The Labute approximate surface area is 108 Å². The molecule has 0 amide bonds. The van der Waals surface area contributed by atoms with Crippen molar-refractivity contribution in [1.82, 2.24) is 4.90 Å². The molecular weight excluding hydrogens is 208 g/mol. The Morgan fingerprint density at radius 2 is 1.88 bits per heavy atom. The average Bonchev–Trinajstić information content (AvgIpc) is 2.19. The van der Waals surface area contributed by atoms with Gasteiger partial charge in [0.15, 0.2) is 0 Å². The van der Waals surface area contributed by atoms with Gasteiger partial charge in [-0.2, -0.15) is 0 Å². The second-order valence-corrected chi connectivity index (χ2v) is 7.10. The van der Waals surface area contributed by atoms with Gasteiger partial charge in [-0.15, -0.1) is 0 Å². The van der Waals surface area contributed by atoms with Crippen LogP contribution >= 0.6 is 0 Å². The van der Waals surface area contributed by atoms with Gasteiger partial charge in [-0.05, 0) is 44.1 Å². The van der Waals surface area contributed by atoms with Crippen LogP contribution in [0, 0.1) is 11.3 Å². The van der Waals surface area contributed by atoms with Gasteiger partial charge in [0.1, 0.15) is 0 Å². The quantitative estimate of drug-likeness (QED) is 0.820. The fraction of sp³-hybridized carbons (Fsp3) is 1.00. The zero-order valence-electron chi connectivity index (χ0n) is 12.7. The SMILES string of the molecule is CCC(N)C(N1CCC(C)CC1C)C(C)(C)C. The highest BCUT2D eigenvalue weighted by Crippen LogP contribution is 2.33. The minimum atomic E-state index is 0.268. The van der Waals surface area contributed by atoms with E-state index >= 15 is 0 Å². The largest absolute Gasteiger partial charge is 0.326 e. The standard InChI is InChI=1S/C15H32N2/c1-7-13(16)14(15(4,5)6)17-9-8-11(2)10-12(17)3/h11-14H,7-10,16H2,1-6H3. The van der Waals surface area contributed by atoms with Crippen molar-refractivity contribution in [1.29, 1.82) is 0 Å².